The standard InChI is InChI=1S/C14H19Cl2N3/c15-12-4-5-14(16)17-13(12)10-18-6-2-8-19-7-1-3-11(19)9-18/h4-5,11H,1-3,6-10H2. The van der Waals surface area contributed by atoms with Crippen LogP contribution in [0, 0.1) is 0 Å². The number of pyridine rings is 1. The first kappa shape index (κ1) is 13.6. The highest BCUT2D eigenvalue weighted by molar-refractivity contribution is 6.32. The van der Waals surface area contributed by atoms with Gasteiger partial charge in [0.25, 0.3) is 0 Å². The summed E-state index contributed by atoms with van der Waals surface area (Å²) in [6, 6.07) is 4.31. The van der Waals surface area contributed by atoms with Crippen molar-refractivity contribution >= 4 is 23.2 Å². The van der Waals surface area contributed by atoms with E-state index in [4.69, 9.17) is 23.2 Å². The number of halogens is 2. The Hall–Kier alpha value is -0.350. The third kappa shape index (κ3) is 3.22. The molecule has 19 heavy (non-hydrogen) atoms. The first-order chi connectivity index (χ1) is 9.22. The van der Waals surface area contributed by atoms with E-state index in [2.05, 4.69) is 14.8 Å². The number of fused-ring (bicyclic) bond motifs is 1. The van der Waals surface area contributed by atoms with Crippen LogP contribution >= 0.6 is 23.2 Å². The van der Waals surface area contributed by atoms with Gasteiger partial charge < -0.3 is 0 Å². The molecule has 1 unspecified atom stereocenters. The van der Waals surface area contributed by atoms with Crippen LogP contribution in [0.25, 0.3) is 0 Å². The van der Waals surface area contributed by atoms with Crippen LogP contribution in [0.2, 0.25) is 10.2 Å². The normalized spacial score (nSPS) is 25.3. The summed E-state index contributed by atoms with van der Waals surface area (Å²) in [5.74, 6) is 0. The largest absolute Gasteiger partial charge is 0.299 e. The lowest BCUT2D eigenvalue weighted by Gasteiger charge is -2.25. The molecule has 3 rings (SSSR count). The number of nitrogens with zero attached hydrogens (tertiary/aromatic N) is 3. The van der Waals surface area contributed by atoms with Crippen molar-refractivity contribution in [2.45, 2.75) is 31.8 Å². The van der Waals surface area contributed by atoms with Gasteiger partial charge in [0.05, 0.1) is 10.7 Å². The lowest BCUT2D eigenvalue weighted by molar-refractivity contribution is 0.214. The van der Waals surface area contributed by atoms with Crippen LogP contribution in [0.5, 0.6) is 0 Å². The molecule has 0 amide bonds. The smallest absolute Gasteiger partial charge is 0.129 e. The minimum absolute atomic E-state index is 0.525. The molecule has 1 atom stereocenters. The van der Waals surface area contributed by atoms with Gasteiger partial charge in [-0.3, -0.25) is 9.80 Å². The third-order valence-electron chi connectivity index (χ3n) is 4.15. The second-order valence-corrected chi connectivity index (χ2v) is 6.28. The number of hydrogen-bond acceptors (Lipinski definition) is 3. The van der Waals surface area contributed by atoms with E-state index >= 15 is 0 Å². The molecule has 1 aromatic heterocycles. The Morgan fingerprint density at radius 2 is 2.00 bits per heavy atom. The predicted molar refractivity (Wildman–Crippen MR) is 78.7 cm³/mol. The molecule has 0 N–H and O–H groups in total. The van der Waals surface area contributed by atoms with E-state index < -0.39 is 0 Å². The highest BCUT2D eigenvalue weighted by atomic mass is 35.5. The molecule has 2 aliphatic rings. The maximum absolute atomic E-state index is 6.21. The molecule has 2 aliphatic heterocycles. The summed E-state index contributed by atoms with van der Waals surface area (Å²) >= 11 is 12.2. The van der Waals surface area contributed by atoms with Gasteiger partial charge in [0, 0.05) is 19.1 Å². The molecule has 0 aromatic carbocycles. The van der Waals surface area contributed by atoms with Gasteiger partial charge in [-0.15, -0.1) is 0 Å². The number of hydrogen-bond donors (Lipinski definition) is 0. The minimum atomic E-state index is 0.525. The Balaban J connectivity index is 1.70. The Morgan fingerprint density at radius 3 is 2.89 bits per heavy atom. The van der Waals surface area contributed by atoms with Crippen molar-refractivity contribution in [3.63, 3.8) is 0 Å². The molecule has 104 valence electrons. The molecule has 2 fully saturated rings. The van der Waals surface area contributed by atoms with Crippen molar-refractivity contribution in [3.05, 3.63) is 28.0 Å². The Bertz CT molecular complexity index is 452. The third-order valence-corrected chi connectivity index (χ3v) is 4.70. The molecule has 2 saturated heterocycles. The van der Waals surface area contributed by atoms with Crippen LogP contribution in [-0.4, -0.2) is 47.0 Å². The highest BCUT2D eigenvalue weighted by Crippen LogP contribution is 2.24. The van der Waals surface area contributed by atoms with Crippen molar-refractivity contribution in [1.29, 1.82) is 0 Å². The van der Waals surface area contributed by atoms with E-state index in [1.165, 1.54) is 32.4 Å². The van der Waals surface area contributed by atoms with E-state index in [9.17, 15) is 0 Å². The molecule has 0 saturated carbocycles. The quantitative estimate of drug-likeness (QED) is 0.783. The van der Waals surface area contributed by atoms with E-state index in [1.54, 1.807) is 6.07 Å². The number of rotatable bonds is 2. The van der Waals surface area contributed by atoms with Gasteiger partial charge in [-0.2, -0.15) is 0 Å². The molecule has 3 nitrogen and oxygen atoms in total. The van der Waals surface area contributed by atoms with Crippen molar-refractivity contribution in [2.75, 3.05) is 26.2 Å². The van der Waals surface area contributed by atoms with Gasteiger partial charge in [0.15, 0.2) is 0 Å². The molecule has 0 spiro atoms. The van der Waals surface area contributed by atoms with Crippen LogP contribution in [-0.2, 0) is 6.54 Å². The maximum atomic E-state index is 6.21. The zero-order chi connectivity index (χ0) is 13.2. The molecule has 5 heteroatoms. The second-order valence-electron chi connectivity index (χ2n) is 5.48. The van der Waals surface area contributed by atoms with Crippen molar-refractivity contribution in [2.24, 2.45) is 0 Å². The first-order valence-electron chi connectivity index (χ1n) is 7.00. The first-order valence-corrected chi connectivity index (χ1v) is 7.75. The van der Waals surface area contributed by atoms with Gasteiger partial charge in [-0.1, -0.05) is 23.2 Å². The van der Waals surface area contributed by atoms with E-state index in [0.717, 1.165) is 36.4 Å². The Labute approximate surface area is 124 Å². The summed E-state index contributed by atoms with van der Waals surface area (Å²) in [6.45, 7) is 5.57. The summed E-state index contributed by atoms with van der Waals surface area (Å²) in [5, 5.41) is 1.24. The molecule has 0 aliphatic carbocycles. The summed E-state index contributed by atoms with van der Waals surface area (Å²) < 4.78 is 0. The van der Waals surface area contributed by atoms with Gasteiger partial charge in [0.1, 0.15) is 5.15 Å². The van der Waals surface area contributed by atoms with Gasteiger partial charge in [-0.25, -0.2) is 4.98 Å². The SMILES string of the molecule is Clc1ccc(Cl)c(CN2CCCN3CCCC3C2)n1. The fourth-order valence-corrected chi connectivity index (χ4v) is 3.54. The van der Waals surface area contributed by atoms with Crippen molar-refractivity contribution < 1.29 is 0 Å². The van der Waals surface area contributed by atoms with Crippen LogP contribution in [0.4, 0.5) is 0 Å². The van der Waals surface area contributed by atoms with Gasteiger partial charge in [0.2, 0.25) is 0 Å². The Morgan fingerprint density at radius 1 is 1.16 bits per heavy atom. The lowest BCUT2D eigenvalue weighted by atomic mass is 10.2. The monoisotopic (exact) mass is 299 g/mol. The zero-order valence-electron chi connectivity index (χ0n) is 11.0. The van der Waals surface area contributed by atoms with Crippen LogP contribution in [0.1, 0.15) is 25.0 Å². The number of aromatic nitrogens is 1. The molecule has 3 heterocycles. The molecular formula is C14H19Cl2N3. The minimum Gasteiger partial charge on any atom is -0.299 e. The summed E-state index contributed by atoms with van der Waals surface area (Å²) in [4.78, 5) is 9.47. The summed E-state index contributed by atoms with van der Waals surface area (Å²) in [6.07, 6.45) is 3.90. The fraction of sp³-hybridized carbons (Fsp3) is 0.643. The van der Waals surface area contributed by atoms with Gasteiger partial charge in [-0.05, 0) is 51.0 Å². The zero-order valence-corrected chi connectivity index (χ0v) is 12.5. The fourth-order valence-electron chi connectivity index (χ4n) is 3.21. The molecule has 0 radical (unpaired) electrons. The van der Waals surface area contributed by atoms with Crippen LogP contribution < -0.4 is 0 Å². The van der Waals surface area contributed by atoms with E-state index in [0.29, 0.717) is 5.15 Å². The van der Waals surface area contributed by atoms with Crippen molar-refractivity contribution in [3.8, 4) is 0 Å². The second kappa shape index (κ2) is 5.96. The molecule has 1 aromatic rings. The summed E-state index contributed by atoms with van der Waals surface area (Å²) in [7, 11) is 0. The average molecular weight is 300 g/mol. The Kier molecular flexibility index (Phi) is 4.27. The molecule has 0 bridgehead atoms. The van der Waals surface area contributed by atoms with Crippen LogP contribution in [0.3, 0.4) is 0 Å². The van der Waals surface area contributed by atoms with Crippen LogP contribution in [0.15, 0.2) is 12.1 Å². The van der Waals surface area contributed by atoms with Crippen molar-refractivity contribution in [1.82, 2.24) is 14.8 Å². The maximum Gasteiger partial charge on any atom is 0.129 e. The average Bonchev–Trinajstić information content (AvgIpc) is 2.73. The van der Waals surface area contributed by atoms with Gasteiger partial charge >= 0.3 is 0 Å². The molecular weight excluding hydrogens is 281 g/mol. The lowest BCUT2D eigenvalue weighted by Crippen LogP contribution is -2.36. The predicted octanol–water partition coefficient (Wildman–Crippen LogP) is 3.06. The highest BCUT2D eigenvalue weighted by Gasteiger charge is 2.28. The van der Waals surface area contributed by atoms with E-state index in [1.807, 2.05) is 6.07 Å². The van der Waals surface area contributed by atoms with E-state index in [-0.39, 0.29) is 0 Å². The topological polar surface area (TPSA) is 19.4 Å². The summed E-state index contributed by atoms with van der Waals surface area (Å²) in [5.41, 5.74) is 0.903.